The normalized spacial score (nSPS) is 25.2. The van der Waals surface area contributed by atoms with E-state index >= 15 is 0 Å². The van der Waals surface area contributed by atoms with Crippen LogP contribution in [0.1, 0.15) is 18.9 Å². The average Bonchev–Trinajstić information content (AvgIpc) is 2.44. The lowest BCUT2D eigenvalue weighted by Gasteiger charge is -2.25. The molecule has 0 aliphatic carbocycles. The average molecular weight is 237 g/mol. The molecule has 1 aliphatic heterocycles. The zero-order chi connectivity index (χ0) is 12.5. The molecule has 17 heavy (non-hydrogen) atoms. The Morgan fingerprint density at radius 2 is 2.18 bits per heavy atom. The third-order valence-corrected chi connectivity index (χ3v) is 2.94. The summed E-state index contributed by atoms with van der Waals surface area (Å²) in [5.74, 6) is 0.0620. The molecule has 0 aromatic heterocycles. The molecule has 92 valence electrons. The number of benzene rings is 1. The molecule has 0 bridgehead atoms. The van der Waals surface area contributed by atoms with E-state index in [0.717, 1.165) is 0 Å². The van der Waals surface area contributed by atoms with E-state index in [1.807, 2.05) is 6.92 Å². The molecule has 0 spiro atoms. The lowest BCUT2D eigenvalue weighted by molar-refractivity contribution is 0.158. The SMILES string of the molecule is C[C@@]1(c2cc(N)ccc2F)CCOCC(N)=N1. The van der Waals surface area contributed by atoms with Crippen molar-refractivity contribution in [2.24, 2.45) is 10.7 Å². The first-order valence-corrected chi connectivity index (χ1v) is 5.49. The van der Waals surface area contributed by atoms with E-state index in [-0.39, 0.29) is 5.82 Å². The van der Waals surface area contributed by atoms with Crippen LogP contribution in [0.15, 0.2) is 23.2 Å². The van der Waals surface area contributed by atoms with Gasteiger partial charge in [-0.15, -0.1) is 0 Å². The van der Waals surface area contributed by atoms with Crippen LogP contribution in [0.5, 0.6) is 0 Å². The van der Waals surface area contributed by atoms with Gasteiger partial charge < -0.3 is 16.2 Å². The summed E-state index contributed by atoms with van der Waals surface area (Å²) < 4.78 is 19.1. The van der Waals surface area contributed by atoms with Gasteiger partial charge in [0.1, 0.15) is 18.3 Å². The first-order chi connectivity index (χ1) is 8.01. The van der Waals surface area contributed by atoms with Gasteiger partial charge in [0, 0.05) is 17.9 Å². The molecule has 1 aliphatic rings. The minimum atomic E-state index is -0.708. The van der Waals surface area contributed by atoms with Crippen LogP contribution >= 0.6 is 0 Å². The number of aliphatic imine (C=N–C) groups is 1. The number of ether oxygens (including phenoxy) is 1. The maximum atomic E-state index is 13.9. The van der Waals surface area contributed by atoms with E-state index in [1.54, 1.807) is 6.07 Å². The van der Waals surface area contributed by atoms with Crippen LogP contribution in [0.3, 0.4) is 0 Å². The van der Waals surface area contributed by atoms with Crippen LogP contribution in [0.4, 0.5) is 10.1 Å². The summed E-state index contributed by atoms with van der Waals surface area (Å²) in [5, 5.41) is 0. The quantitative estimate of drug-likeness (QED) is 0.725. The van der Waals surface area contributed by atoms with Crippen LogP contribution in [-0.4, -0.2) is 19.0 Å². The molecular formula is C12H16FN3O. The fraction of sp³-hybridized carbons (Fsp3) is 0.417. The number of hydrogen-bond donors (Lipinski definition) is 2. The summed E-state index contributed by atoms with van der Waals surface area (Å²) in [4.78, 5) is 4.35. The van der Waals surface area contributed by atoms with Gasteiger partial charge in [-0.3, -0.25) is 4.99 Å². The van der Waals surface area contributed by atoms with E-state index in [2.05, 4.69) is 4.99 Å². The molecule has 1 atom stereocenters. The number of nitrogens with zero attached hydrogens (tertiary/aromatic N) is 1. The summed E-state index contributed by atoms with van der Waals surface area (Å²) in [5.41, 5.74) is 11.7. The molecule has 0 unspecified atom stereocenters. The maximum Gasteiger partial charge on any atom is 0.128 e. The van der Waals surface area contributed by atoms with Crippen LogP contribution in [0, 0.1) is 5.82 Å². The van der Waals surface area contributed by atoms with Gasteiger partial charge >= 0.3 is 0 Å². The number of rotatable bonds is 1. The highest BCUT2D eigenvalue weighted by Crippen LogP contribution is 2.33. The fourth-order valence-corrected chi connectivity index (χ4v) is 2.00. The molecule has 1 heterocycles. The van der Waals surface area contributed by atoms with Crippen molar-refractivity contribution in [1.29, 1.82) is 0 Å². The minimum Gasteiger partial charge on any atom is -0.399 e. The molecule has 1 aromatic carbocycles. The monoisotopic (exact) mass is 237 g/mol. The standard InChI is InChI=1S/C12H16FN3O/c1-12(4-5-17-7-11(15)16-12)9-6-8(14)2-3-10(9)13/h2-3,6H,4-5,7,14H2,1H3,(H2,15,16)/t12-/m0/s1. The third kappa shape index (κ3) is 2.39. The Kier molecular flexibility index (Phi) is 3.02. The van der Waals surface area contributed by atoms with Gasteiger partial charge in [0.25, 0.3) is 0 Å². The topological polar surface area (TPSA) is 73.6 Å². The zero-order valence-electron chi connectivity index (χ0n) is 9.74. The number of nitrogen functional groups attached to an aromatic ring is 1. The summed E-state index contributed by atoms with van der Waals surface area (Å²) in [6.45, 7) is 2.63. The maximum absolute atomic E-state index is 13.9. The Labute approximate surface area is 99.5 Å². The highest BCUT2D eigenvalue weighted by Gasteiger charge is 2.31. The van der Waals surface area contributed by atoms with Gasteiger partial charge in [-0.05, 0) is 31.5 Å². The lowest BCUT2D eigenvalue weighted by atomic mass is 9.89. The number of anilines is 1. The Bertz CT molecular complexity index is 461. The van der Waals surface area contributed by atoms with Crippen LogP contribution in [0.25, 0.3) is 0 Å². The smallest absolute Gasteiger partial charge is 0.128 e. The molecule has 1 aromatic rings. The predicted octanol–water partition coefficient (Wildman–Crippen LogP) is 1.40. The highest BCUT2D eigenvalue weighted by molar-refractivity contribution is 5.82. The Balaban J connectivity index is 2.49. The second kappa shape index (κ2) is 4.33. The van der Waals surface area contributed by atoms with E-state index < -0.39 is 5.54 Å². The second-order valence-corrected chi connectivity index (χ2v) is 4.42. The summed E-state index contributed by atoms with van der Waals surface area (Å²) in [7, 11) is 0. The molecule has 0 fully saturated rings. The molecule has 4 N–H and O–H groups in total. The minimum absolute atomic E-state index is 0.291. The molecule has 2 rings (SSSR count). The van der Waals surface area contributed by atoms with Crippen molar-refractivity contribution in [3.05, 3.63) is 29.6 Å². The van der Waals surface area contributed by atoms with Crippen molar-refractivity contribution in [2.75, 3.05) is 18.9 Å². The van der Waals surface area contributed by atoms with Gasteiger partial charge in [-0.2, -0.15) is 0 Å². The van der Waals surface area contributed by atoms with Crippen LogP contribution in [-0.2, 0) is 10.3 Å². The number of hydrogen-bond acceptors (Lipinski definition) is 4. The van der Waals surface area contributed by atoms with Crippen LogP contribution in [0.2, 0.25) is 0 Å². The predicted molar refractivity (Wildman–Crippen MR) is 65.2 cm³/mol. The first kappa shape index (κ1) is 11.9. The van der Waals surface area contributed by atoms with Crippen molar-refractivity contribution >= 4 is 11.5 Å². The Morgan fingerprint density at radius 3 is 2.94 bits per heavy atom. The van der Waals surface area contributed by atoms with Crippen molar-refractivity contribution in [2.45, 2.75) is 18.9 Å². The Hall–Kier alpha value is -1.62. The van der Waals surface area contributed by atoms with Gasteiger partial charge in [0.15, 0.2) is 0 Å². The van der Waals surface area contributed by atoms with Crippen LogP contribution < -0.4 is 11.5 Å². The van der Waals surface area contributed by atoms with E-state index in [0.29, 0.717) is 36.7 Å². The molecule has 5 heteroatoms. The van der Waals surface area contributed by atoms with E-state index in [1.165, 1.54) is 12.1 Å². The molecular weight excluding hydrogens is 221 g/mol. The first-order valence-electron chi connectivity index (χ1n) is 5.49. The summed E-state index contributed by atoms with van der Waals surface area (Å²) in [6, 6.07) is 4.49. The number of amidine groups is 1. The largest absolute Gasteiger partial charge is 0.399 e. The van der Waals surface area contributed by atoms with Crippen molar-refractivity contribution in [3.8, 4) is 0 Å². The summed E-state index contributed by atoms with van der Waals surface area (Å²) >= 11 is 0. The molecule has 0 saturated carbocycles. The van der Waals surface area contributed by atoms with Crippen molar-refractivity contribution in [1.82, 2.24) is 0 Å². The second-order valence-electron chi connectivity index (χ2n) is 4.42. The number of nitrogens with two attached hydrogens (primary N) is 2. The van der Waals surface area contributed by atoms with Gasteiger partial charge in [0.2, 0.25) is 0 Å². The fourth-order valence-electron chi connectivity index (χ4n) is 2.00. The molecule has 0 radical (unpaired) electrons. The lowest BCUT2D eigenvalue weighted by Crippen LogP contribution is -2.25. The Morgan fingerprint density at radius 1 is 1.41 bits per heavy atom. The third-order valence-electron chi connectivity index (χ3n) is 2.94. The van der Waals surface area contributed by atoms with Gasteiger partial charge in [-0.1, -0.05) is 0 Å². The molecule has 0 amide bonds. The molecule has 0 saturated heterocycles. The summed E-state index contributed by atoms with van der Waals surface area (Å²) in [6.07, 6.45) is 0.577. The van der Waals surface area contributed by atoms with Gasteiger partial charge in [0.05, 0.1) is 5.54 Å². The molecule has 4 nitrogen and oxygen atoms in total. The van der Waals surface area contributed by atoms with Gasteiger partial charge in [-0.25, -0.2) is 4.39 Å². The van der Waals surface area contributed by atoms with E-state index in [4.69, 9.17) is 16.2 Å². The number of halogens is 1. The zero-order valence-corrected chi connectivity index (χ0v) is 9.74. The van der Waals surface area contributed by atoms with Crippen molar-refractivity contribution in [3.63, 3.8) is 0 Å². The highest BCUT2D eigenvalue weighted by atomic mass is 19.1. The van der Waals surface area contributed by atoms with E-state index in [9.17, 15) is 4.39 Å². The van der Waals surface area contributed by atoms with Crippen molar-refractivity contribution < 1.29 is 9.13 Å².